The lowest BCUT2D eigenvalue weighted by atomic mass is 10.3. The molecule has 1 aromatic rings. The molecule has 1 saturated heterocycles. The highest BCUT2D eigenvalue weighted by Gasteiger charge is 2.26. The number of benzene rings is 1. The summed E-state index contributed by atoms with van der Waals surface area (Å²) in [4.78, 5) is 0.258. The first-order chi connectivity index (χ1) is 12.0. The molecule has 0 radical (unpaired) electrons. The molecule has 0 bridgehead atoms. The summed E-state index contributed by atoms with van der Waals surface area (Å²) in [5.74, 6) is 1.00. The van der Waals surface area contributed by atoms with Crippen molar-refractivity contribution in [3.63, 3.8) is 0 Å². The molecule has 1 aliphatic heterocycles. The average molecular weight is 403 g/mol. The zero-order valence-electron chi connectivity index (χ0n) is 14.0. The fourth-order valence-corrected chi connectivity index (χ4v) is 4.06. The Morgan fingerprint density at radius 3 is 2.68 bits per heavy atom. The number of hydrogen-bond acceptors (Lipinski definition) is 6. The molecule has 0 amide bonds. The first-order valence-corrected chi connectivity index (χ1v) is 11.0. The van der Waals surface area contributed by atoms with Crippen LogP contribution in [0.25, 0.3) is 0 Å². The van der Waals surface area contributed by atoms with Gasteiger partial charge in [0.25, 0.3) is 0 Å². The maximum absolute atomic E-state index is 12.5. The van der Waals surface area contributed by atoms with E-state index < -0.39 is 10.0 Å². The zero-order chi connectivity index (χ0) is 18.1. The molecule has 10 heteroatoms. The third-order valence-electron chi connectivity index (χ3n) is 3.43. The third kappa shape index (κ3) is 6.23. The van der Waals surface area contributed by atoms with E-state index in [1.165, 1.54) is 4.31 Å². The van der Waals surface area contributed by atoms with Crippen LogP contribution < -0.4 is 10.7 Å². The van der Waals surface area contributed by atoms with Crippen LogP contribution in [0.1, 0.15) is 6.42 Å². The SMILES string of the molecule is CSCC/C=N/NC(=S)Nc1ccc(S(=O)(=O)N2CCOCC2)cc1. The summed E-state index contributed by atoms with van der Waals surface area (Å²) in [6, 6.07) is 6.49. The number of hydrazone groups is 1. The van der Waals surface area contributed by atoms with E-state index in [1.54, 1.807) is 42.2 Å². The average Bonchev–Trinajstić information content (AvgIpc) is 2.63. The fraction of sp³-hybridized carbons (Fsp3) is 0.467. The van der Waals surface area contributed by atoms with Gasteiger partial charge in [-0.05, 0) is 54.9 Å². The van der Waals surface area contributed by atoms with E-state index in [4.69, 9.17) is 17.0 Å². The number of morpholine rings is 1. The number of thioether (sulfide) groups is 1. The predicted octanol–water partition coefficient (Wildman–Crippen LogP) is 1.73. The Morgan fingerprint density at radius 2 is 2.04 bits per heavy atom. The molecule has 1 heterocycles. The highest BCUT2D eigenvalue weighted by molar-refractivity contribution is 7.98. The number of hydrogen-bond donors (Lipinski definition) is 2. The van der Waals surface area contributed by atoms with Crippen LogP contribution in [0.3, 0.4) is 0 Å². The molecular formula is C15H22N4O3S3. The van der Waals surface area contributed by atoms with E-state index in [9.17, 15) is 8.42 Å². The summed E-state index contributed by atoms with van der Waals surface area (Å²) in [6.07, 6.45) is 4.67. The molecule has 0 aliphatic carbocycles. The van der Waals surface area contributed by atoms with Crippen molar-refractivity contribution in [2.75, 3.05) is 43.6 Å². The van der Waals surface area contributed by atoms with Gasteiger partial charge >= 0.3 is 0 Å². The van der Waals surface area contributed by atoms with Crippen molar-refractivity contribution in [1.82, 2.24) is 9.73 Å². The number of rotatable bonds is 7. The number of ether oxygens (including phenoxy) is 1. The van der Waals surface area contributed by atoms with Gasteiger partial charge in [-0.15, -0.1) is 0 Å². The van der Waals surface area contributed by atoms with Crippen LogP contribution in [0.5, 0.6) is 0 Å². The largest absolute Gasteiger partial charge is 0.379 e. The number of nitrogens with zero attached hydrogens (tertiary/aromatic N) is 2. The summed E-state index contributed by atoms with van der Waals surface area (Å²) in [5, 5.41) is 7.33. The Hall–Kier alpha value is -1.20. The van der Waals surface area contributed by atoms with Crippen LogP contribution in [0.4, 0.5) is 5.69 Å². The van der Waals surface area contributed by atoms with Gasteiger partial charge in [0.2, 0.25) is 10.0 Å². The topological polar surface area (TPSA) is 83.0 Å². The lowest BCUT2D eigenvalue weighted by Crippen LogP contribution is -2.40. The van der Waals surface area contributed by atoms with Gasteiger partial charge < -0.3 is 10.1 Å². The Labute approximate surface area is 158 Å². The molecule has 0 saturated carbocycles. The maximum atomic E-state index is 12.5. The van der Waals surface area contributed by atoms with Gasteiger partial charge in [-0.25, -0.2) is 8.42 Å². The molecule has 2 rings (SSSR count). The minimum atomic E-state index is -3.48. The van der Waals surface area contributed by atoms with Crippen molar-refractivity contribution in [3.05, 3.63) is 24.3 Å². The molecule has 2 N–H and O–H groups in total. The van der Waals surface area contributed by atoms with E-state index in [2.05, 4.69) is 15.8 Å². The van der Waals surface area contributed by atoms with E-state index in [0.29, 0.717) is 37.1 Å². The van der Waals surface area contributed by atoms with Gasteiger partial charge in [0.05, 0.1) is 18.1 Å². The number of nitrogens with one attached hydrogen (secondary N) is 2. The van der Waals surface area contributed by atoms with Gasteiger partial charge in [-0.2, -0.15) is 21.2 Å². The predicted molar refractivity (Wildman–Crippen MR) is 107 cm³/mol. The number of thiocarbonyl (C=S) groups is 1. The molecular weight excluding hydrogens is 380 g/mol. The normalized spacial score (nSPS) is 16.0. The summed E-state index contributed by atoms with van der Waals surface area (Å²) in [6.45, 7) is 1.61. The van der Waals surface area contributed by atoms with Crippen LogP contribution in [0, 0.1) is 0 Å². The van der Waals surface area contributed by atoms with E-state index in [1.807, 2.05) is 6.26 Å². The smallest absolute Gasteiger partial charge is 0.243 e. The molecule has 0 spiro atoms. The van der Waals surface area contributed by atoms with Gasteiger partial charge in [-0.3, -0.25) is 5.43 Å². The second-order valence-electron chi connectivity index (χ2n) is 5.20. The van der Waals surface area contributed by atoms with Crippen LogP contribution in [-0.2, 0) is 14.8 Å². The number of anilines is 1. The van der Waals surface area contributed by atoms with Crippen LogP contribution in [-0.4, -0.2) is 62.4 Å². The molecule has 138 valence electrons. The van der Waals surface area contributed by atoms with Crippen LogP contribution >= 0.6 is 24.0 Å². The second kappa shape index (κ2) is 10.1. The minimum absolute atomic E-state index is 0.258. The third-order valence-corrected chi connectivity index (χ3v) is 6.18. The van der Waals surface area contributed by atoms with Gasteiger partial charge in [0.15, 0.2) is 5.11 Å². The van der Waals surface area contributed by atoms with Crippen molar-refractivity contribution >= 4 is 51.0 Å². The Bertz CT molecular complexity index is 686. The standard InChI is InChI=1S/C15H22N4O3S3/c1-24-12-2-7-16-18-15(23)17-13-3-5-14(6-4-13)25(20,21)19-8-10-22-11-9-19/h3-7H,2,8-12H2,1H3,(H2,17,18,23)/b16-7+. The molecule has 1 aromatic carbocycles. The van der Waals surface area contributed by atoms with E-state index in [-0.39, 0.29) is 4.90 Å². The Kier molecular flexibility index (Phi) is 8.10. The van der Waals surface area contributed by atoms with E-state index >= 15 is 0 Å². The summed E-state index contributed by atoms with van der Waals surface area (Å²) >= 11 is 6.89. The quantitative estimate of drug-likeness (QED) is 0.311. The van der Waals surface area contributed by atoms with Crippen molar-refractivity contribution in [2.24, 2.45) is 5.10 Å². The summed E-state index contributed by atoms with van der Waals surface area (Å²) in [7, 11) is -3.48. The molecule has 0 aromatic heterocycles. The lowest BCUT2D eigenvalue weighted by Gasteiger charge is -2.26. The minimum Gasteiger partial charge on any atom is -0.379 e. The number of sulfonamides is 1. The van der Waals surface area contributed by atoms with Gasteiger partial charge in [0, 0.05) is 25.0 Å². The van der Waals surface area contributed by atoms with Crippen LogP contribution in [0.15, 0.2) is 34.3 Å². The molecule has 7 nitrogen and oxygen atoms in total. The second-order valence-corrected chi connectivity index (χ2v) is 8.53. The lowest BCUT2D eigenvalue weighted by molar-refractivity contribution is 0.0730. The van der Waals surface area contributed by atoms with Crippen molar-refractivity contribution in [1.29, 1.82) is 0 Å². The Balaban J connectivity index is 1.91. The summed E-state index contributed by atoms with van der Waals surface area (Å²) in [5.41, 5.74) is 3.42. The van der Waals surface area contributed by atoms with Crippen LogP contribution in [0.2, 0.25) is 0 Å². The monoisotopic (exact) mass is 402 g/mol. The first-order valence-electron chi connectivity index (χ1n) is 7.79. The zero-order valence-corrected chi connectivity index (χ0v) is 16.4. The van der Waals surface area contributed by atoms with Crippen molar-refractivity contribution in [3.8, 4) is 0 Å². The van der Waals surface area contributed by atoms with Gasteiger partial charge in [-0.1, -0.05) is 0 Å². The van der Waals surface area contributed by atoms with Gasteiger partial charge in [0.1, 0.15) is 0 Å². The van der Waals surface area contributed by atoms with Crippen molar-refractivity contribution < 1.29 is 13.2 Å². The van der Waals surface area contributed by atoms with E-state index in [0.717, 1.165) is 12.2 Å². The highest BCUT2D eigenvalue weighted by atomic mass is 32.2. The summed E-state index contributed by atoms with van der Waals surface area (Å²) < 4.78 is 31.7. The highest BCUT2D eigenvalue weighted by Crippen LogP contribution is 2.19. The maximum Gasteiger partial charge on any atom is 0.243 e. The van der Waals surface area contributed by atoms with Crippen molar-refractivity contribution in [2.45, 2.75) is 11.3 Å². The molecule has 25 heavy (non-hydrogen) atoms. The fourth-order valence-electron chi connectivity index (χ4n) is 2.14. The Morgan fingerprint density at radius 1 is 1.36 bits per heavy atom. The molecule has 0 atom stereocenters. The molecule has 0 unspecified atom stereocenters. The molecule has 1 fully saturated rings. The molecule has 1 aliphatic rings. The first kappa shape index (κ1) is 20.1.